The quantitative estimate of drug-likeness (QED) is 0.509. The molecule has 6 heteroatoms. The van der Waals surface area contributed by atoms with E-state index in [0.29, 0.717) is 11.5 Å². The first-order chi connectivity index (χ1) is 11.5. The van der Waals surface area contributed by atoms with Crippen LogP contribution in [0.2, 0.25) is 0 Å². The van der Waals surface area contributed by atoms with Gasteiger partial charge >= 0.3 is 0 Å². The second-order valence-electron chi connectivity index (χ2n) is 5.75. The number of hydrogen-bond donors (Lipinski definition) is 3. The highest BCUT2D eigenvalue weighted by Gasteiger charge is 2.12. The molecule has 0 atom stereocenters. The molecule has 0 aliphatic heterocycles. The topological polar surface area (TPSA) is 101 Å². The van der Waals surface area contributed by atoms with Gasteiger partial charge in [-0.2, -0.15) is 5.10 Å². The van der Waals surface area contributed by atoms with Crippen molar-refractivity contribution in [1.82, 2.24) is 15.1 Å². The third kappa shape index (κ3) is 2.81. The number of likely N-dealkylation sites (N-methyl/N-ethyl adjacent to an activating group) is 1. The highest BCUT2D eigenvalue weighted by Crippen LogP contribution is 2.34. The van der Waals surface area contributed by atoms with Crippen molar-refractivity contribution in [3.05, 3.63) is 48.0 Å². The first kappa shape index (κ1) is 15.6. The summed E-state index contributed by atoms with van der Waals surface area (Å²) in [4.78, 5) is 13.3. The average molecular weight is 321 g/mol. The number of rotatable bonds is 3. The van der Waals surface area contributed by atoms with Gasteiger partial charge in [0.15, 0.2) is 5.82 Å². The first-order valence-electron chi connectivity index (χ1n) is 7.49. The van der Waals surface area contributed by atoms with Crippen LogP contribution in [-0.4, -0.2) is 35.1 Å². The number of amides is 1. The molecular weight excluding hydrogens is 302 g/mol. The van der Waals surface area contributed by atoms with Crippen molar-refractivity contribution < 1.29 is 4.79 Å². The van der Waals surface area contributed by atoms with Crippen LogP contribution in [0.5, 0.6) is 0 Å². The van der Waals surface area contributed by atoms with Crippen LogP contribution in [0.4, 0.5) is 11.5 Å². The molecule has 0 saturated carbocycles. The Morgan fingerprint density at radius 3 is 2.50 bits per heavy atom. The number of nitrogens with one attached hydrogen (secondary N) is 1. The maximum Gasteiger partial charge on any atom is 0.246 e. The fourth-order valence-corrected chi connectivity index (χ4v) is 2.53. The van der Waals surface area contributed by atoms with Crippen LogP contribution < -0.4 is 11.5 Å². The van der Waals surface area contributed by atoms with E-state index in [1.807, 2.05) is 36.4 Å². The molecule has 0 unspecified atom stereocenters. The molecule has 3 rings (SSSR count). The molecule has 0 saturated heterocycles. The van der Waals surface area contributed by atoms with E-state index in [1.165, 1.54) is 11.0 Å². The molecule has 0 aliphatic carbocycles. The monoisotopic (exact) mass is 321 g/mol. The number of nitrogens with two attached hydrogens (primary N) is 2. The maximum atomic E-state index is 11.8. The van der Waals surface area contributed by atoms with Gasteiger partial charge in [0.25, 0.3) is 0 Å². The van der Waals surface area contributed by atoms with E-state index in [2.05, 4.69) is 10.2 Å². The van der Waals surface area contributed by atoms with Crippen LogP contribution in [0.3, 0.4) is 0 Å². The fourth-order valence-electron chi connectivity index (χ4n) is 2.53. The van der Waals surface area contributed by atoms with Crippen LogP contribution in [0.15, 0.2) is 42.5 Å². The van der Waals surface area contributed by atoms with Crippen LogP contribution in [-0.2, 0) is 4.79 Å². The predicted octanol–water partition coefficient (Wildman–Crippen LogP) is 2.50. The maximum absolute atomic E-state index is 11.8. The van der Waals surface area contributed by atoms with Gasteiger partial charge in [0.2, 0.25) is 5.91 Å². The van der Waals surface area contributed by atoms with E-state index >= 15 is 0 Å². The Labute approximate surface area is 139 Å². The molecule has 1 aromatic heterocycles. The number of carbonyl (C=O) groups excluding carboxylic acids is 1. The van der Waals surface area contributed by atoms with Crippen molar-refractivity contribution in [3.63, 3.8) is 0 Å². The predicted molar refractivity (Wildman–Crippen MR) is 98.1 cm³/mol. The van der Waals surface area contributed by atoms with Gasteiger partial charge in [-0.05, 0) is 29.3 Å². The van der Waals surface area contributed by atoms with E-state index in [1.54, 1.807) is 20.2 Å². The number of nitrogen functional groups attached to an aromatic ring is 2. The molecule has 0 bridgehead atoms. The Balaban J connectivity index is 2.12. The van der Waals surface area contributed by atoms with Gasteiger partial charge in [-0.25, -0.2) is 0 Å². The first-order valence-corrected chi connectivity index (χ1v) is 7.49. The Morgan fingerprint density at radius 1 is 1.12 bits per heavy atom. The van der Waals surface area contributed by atoms with Gasteiger partial charge < -0.3 is 16.4 Å². The van der Waals surface area contributed by atoms with Gasteiger partial charge in [0.1, 0.15) is 0 Å². The van der Waals surface area contributed by atoms with Gasteiger partial charge in [0, 0.05) is 31.4 Å². The van der Waals surface area contributed by atoms with Crippen molar-refractivity contribution in [2.45, 2.75) is 0 Å². The largest absolute Gasteiger partial charge is 0.399 e. The number of anilines is 2. The van der Waals surface area contributed by atoms with Crippen molar-refractivity contribution in [1.29, 1.82) is 0 Å². The zero-order chi connectivity index (χ0) is 17.3. The summed E-state index contributed by atoms with van der Waals surface area (Å²) < 4.78 is 0. The summed E-state index contributed by atoms with van der Waals surface area (Å²) in [7, 11) is 3.42. The normalized spacial score (nSPS) is 11.2. The lowest BCUT2D eigenvalue weighted by Gasteiger charge is -2.08. The van der Waals surface area contributed by atoms with Gasteiger partial charge in [-0.15, -0.1) is 0 Å². The van der Waals surface area contributed by atoms with E-state index in [4.69, 9.17) is 11.5 Å². The van der Waals surface area contributed by atoms with E-state index in [-0.39, 0.29) is 5.91 Å². The van der Waals surface area contributed by atoms with E-state index in [0.717, 1.165) is 27.6 Å². The van der Waals surface area contributed by atoms with Crippen LogP contribution in [0.1, 0.15) is 5.56 Å². The summed E-state index contributed by atoms with van der Waals surface area (Å²) >= 11 is 0. The van der Waals surface area contributed by atoms with Gasteiger partial charge in [-0.1, -0.05) is 24.3 Å². The molecule has 0 fully saturated rings. The standard InChI is InChI=1S/C18H19N5O/c1-23(2)15(24)10-6-12-5-9-14(11-3-7-13(19)8-4-11)16-17(12)21-22-18(16)20/h3-10H,19H2,1-2H3,(H3,20,21,22)/b10-6+. The minimum absolute atomic E-state index is 0.0850. The number of nitrogens with zero attached hydrogens (tertiary/aromatic N) is 2. The highest BCUT2D eigenvalue weighted by molar-refractivity contribution is 6.06. The number of carbonyl (C=O) groups is 1. The number of aromatic amines is 1. The Bertz CT molecular complexity index is 922. The minimum atomic E-state index is -0.0850. The van der Waals surface area contributed by atoms with Crippen molar-refractivity contribution in [3.8, 4) is 11.1 Å². The third-order valence-corrected chi connectivity index (χ3v) is 3.85. The summed E-state index contributed by atoms with van der Waals surface area (Å²) in [5, 5.41) is 7.91. The van der Waals surface area contributed by atoms with Crippen LogP contribution >= 0.6 is 0 Å². The molecule has 1 amide bonds. The summed E-state index contributed by atoms with van der Waals surface area (Å²) in [6, 6.07) is 11.5. The molecule has 5 N–H and O–H groups in total. The second kappa shape index (κ2) is 6.08. The summed E-state index contributed by atoms with van der Waals surface area (Å²) in [6.07, 6.45) is 3.28. The zero-order valence-corrected chi connectivity index (χ0v) is 13.6. The van der Waals surface area contributed by atoms with E-state index in [9.17, 15) is 4.79 Å². The molecule has 24 heavy (non-hydrogen) atoms. The number of H-pyrrole nitrogens is 1. The van der Waals surface area contributed by atoms with Crippen LogP contribution in [0.25, 0.3) is 28.1 Å². The zero-order valence-electron chi connectivity index (χ0n) is 13.6. The number of fused-ring (bicyclic) bond motifs is 1. The lowest BCUT2D eigenvalue weighted by atomic mass is 9.98. The summed E-state index contributed by atoms with van der Waals surface area (Å²) in [6.45, 7) is 0. The second-order valence-corrected chi connectivity index (χ2v) is 5.75. The number of hydrogen-bond acceptors (Lipinski definition) is 4. The minimum Gasteiger partial charge on any atom is -0.399 e. The van der Waals surface area contributed by atoms with Gasteiger partial charge in [0.05, 0.1) is 10.9 Å². The molecule has 0 radical (unpaired) electrons. The number of aromatic nitrogens is 2. The lowest BCUT2D eigenvalue weighted by Crippen LogP contribution is -2.18. The van der Waals surface area contributed by atoms with E-state index < -0.39 is 0 Å². The summed E-state index contributed by atoms with van der Waals surface area (Å²) in [5.74, 6) is 0.337. The van der Waals surface area contributed by atoms with Crippen molar-refractivity contribution in [2.24, 2.45) is 0 Å². The molecule has 2 aromatic carbocycles. The molecule has 0 aliphatic rings. The number of benzene rings is 2. The SMILES string of the molecule is CN(C)C(=O)/C=C/c1ccc(-c2ccc(N)cc2)c2c(N)n[nH]c12. The third-order valence-electron chi connectivity index (χ3n) is 3.85. The molecule has 0 spiro atoms. The molecule has 1 heterocycles. The average Bonchev–Trinajstić information content (AvgIpc) is 2.95. The molecule has 122 valence electrons. The van der Waals surface area contributed by atoms with Crippen molar-refractivity contribution >= 4 is 34.4 Å². The Morgan fingerprint density at radius 2 is 1.83 bits per heavy atom. The van der Waals surface area contributed by atoms with Crippen LogP contribution in [0, 0.1) is 0 Å². The lowest BCUT2D eigenvalue weighted by molar-refractivity contribution is -0.123. The Kier molecular flexibility index (Phi) is 3.95. The highest BCUT2D eigenvalue weighted by atomic mass is 16.2. The molecular formula is C18H19N5O. The molecule has 6 nitrogen and oxygen atoms in total. The summed E-state index contributed by atoms with van der Waals surface area (Å²) in [5.41, 5.74) is 16.1. The van der Waals surface area contributed by atoms with Gasteiger partial charge in [-0.3, -0.25) is 9.89 Å². The fraction of sp³-hybridized carbons (Fsp3) is 0.111. The Hall–Kier alpha value is -3.28. The van der Waals surface area contributed by atoms with Crippen molar-refractivity contribution in [2.75, 3.05) is 25.6 Å². The molecule has 3 aromatic rings. The smallest absolute Gasteiger partial charge is 0.246 e.